The molecular formula is C19H21N5OS. The molecule has 0 bridgehead atoms. The van der Waals surface area contributed by atoms with Crippen molar-refractivity contribution in [3.05, 3.63) is 46.4 Å². The summed E-state index contributed by atoms with van der Waals surface area (Å²) in [6.07, 6.45) is 6.43. The molecule has 0 aromatic carbocycles. The quantitative estimate of drug-likeness (QED) is 0.699. The van der Waals surface area contributed by atoms with Gasteiger partial charge in [0.05, 0.1) is 0 Å². The summed E-state index contributed by atoms with van der Waals surface area (Å²) in [5.41, 5.74) is 2.20. The van der Waals surface area contributed by atoms with E-state index in [0.717, 1.165) is 56.9 Å². The zero-order valence-corrected chi connectivity index (χ0v) is 15.4. The molecule has 0 spiro atoms. The van der Waals surface area contributed by atoms with E-state index in [1.54, 1.807) is 10.7 Å². The van der Waals surface area contributed by atoms with Crippen molar-refractivity contribution in [3.63, 3.8) is 0 Å². The minimum atomic E-state index is 0.142. The number of amides is 1. The molecule has 1 saturated heterocycles. The van der Waals surface area contributed by atoms with Crippen molar-refractivity contribution < 1.29 is 4.79 Å². The Hall–Kier alpha value is -2.41. The zero-order chi connectivity index (χ0) is 17.5. The van der Waals surface area contributed by atoms with Crippen LogP contribution in [-0.2, 0) is 17.8 Å². The Morgan fingerprint density at radius 3 is 2.92 bits per heavy atom. The molecule has 0 aliphatic carbocycles. The lowest BCUT2D eigenvalue weighted by Gasteiger charge is -2.36. The number of carbonyl (C=O) groups excluding carboxylic acids is 1. The van der Waals surface area contributed by atoms with E-state index in [1.807, 2.05) is 29.7 Å². The molecule has 134 valence electrons. The predicted octanol–water partition coefficient (Wildman–Crippen LogP) is 2.59. The van der Waals surface area contributed by atoms with Crippen LogP contribution in [0.5, 0.6) is 0 Å². The lowest BCUT2D eigenvalue weighted by atomic mass is 9.94. The molecule has 7 heteroatoms. The van der Waals surface area contributed by atoms with E-state index in [9.17, 15) is 4.79 Å². The minimum Gasteiger partial charge on any atom is -0.355 e. The molecule has 5 heterocycles. The highest BCUT2D eigenvalue weighted by Crippen LogP contribution is 2.28. The number of rotatable bonds is 2. The van der Waals surface area contributed by atoms with Gasteiger partial charge in [0.2, 0.25) is 5.91 Å². The highest BCUT2D eigenvalue weighted by Gasteiger charge is 2.31. The summed E-state index contributed by atoms with van der Waals surface area (Å²) < 4.78 is 1.80. The van der Waals surface area contributed by atoms with Gasteiger partial charge in [-0.1, -0.05) is 0 Å². The highest BCUT2D eigenvalue weighted by molar-refractivity contribution is 7.10. The summed E-state index contributed by atoms with van der Waals surface area (Å²) in [6.45, 7) is 3.41. The summed E-state index contributed by atoms with van der Waals surface area (Å²) in [4.78, 5) is 23.0. The second-order valence-electron chi connectivity index (χ2n) is 7.06. The minimum absolute atomic E-state index is 0.142. The molecular weight excluding hydrogens is 346 g/mol. The number of fused-ring (bicyclic) bond motifs is 2. The van der Waals surface area contributed by atoms with Gasteiger partial charge in [0, 0.05) is 49.4 Å². The van der Waals surface area contributed by atoms with Gasteiger partial charge in [0.15, 0.2) is 5.65 Å². The summed E-state index contributed by atoms with van der Waals surface area (Å²) in [5.74, 6) is 1.44. The Kier molecular flexibility index (Phi) is 3.89. The van der Waals surface area contributed by atoms with Gasteiger partial charge in [0.25, 0.3) is 0 Å². The molecule has 2 aliphatic heterocycles. The lowest BCUT2D eigenvalue weighted by molar-refractivity contribution is -0.137. The Bertz CT molecular complexity index is 940. The van der Waals surface area contributed by atoms with Crippen LogP contribution in [0.1, 0.15) is 23.3 Å². The first-order valence-electron chi connectivity index (χ1n) is 9.17. The molecule has 2 aliphatic rings. The van der Waals surface area contributed by atoms with Crippen LogP contribution < -0.4 is 4.90 Å². The number of thiophene rings is 1. The fraction of sp³-hybridized carbons (Fsp3) is 0.421. The Morgan fingerprint density at radius 1 is 1.15 bits per heavy atom. The van der Waals surface area contributed by atoms with Gasteiger partial charge in [-0.3, -0.25) is 4.79 Å². The first-order valence-corrected chi connectivity index (χ1v) is 10.1. The molecule has 3 aromatic heterocycles. The summed E-state index contributed by atoms with van der Waals surface area (Å²) >= 11 is 1.82. The summed E-state index contributed by atoms with van der Waals surface area (Å²) in [5, 5.41) is 6.76. The van der Waals surface area contributed by atoms with Crippen LogP contribution in [0.3, 0.4) is 0 Å². The van der Waals surface area contributed by atoms with E-state index in [-0.39, 0.29) is 5.92 Å². The average molecular weight is 367 g/mol. The number of hydrogen-bond donors (Lipinski definition) is 0. The molecule has 6 nitrogen and oxygen atoms in total. The third-order valence-electron chi connectivity index (χ3n) is 5.53. The van der Waals surface area contributed by atoms with E-state index in [4.69, 9.17) is 0 Å². The van der Waals surface area contributed by atoms with E-state index in [2.05, 4.69) is 31.3 Å². The number of aromatic nitrogens is 3. The van der Waals surface area contributed by atoms with Crippen LogP contribution in [0.2, 0.25) is 0 Å². The van der Waals surface area contributed by atoms with E-state index in [1.165, 1.54) is 10.4 Å². The fourth-order valence-corrected chi connectivity index (χ4v) is 4.91. The number of hydrogen-bond acceptors (Lipinski definition) is 5. The van der Waals surface area contributed by atoms with Crippen molar-refractivity contribution >= 4 is 28.7 Å². The van der Waals surface area contributed by atoms with Gasteiger partial charge in [0.1, 0.15) is 5.82 Å². The van der Waals surface area contributed by atoms with Crippen LogP contribution in [0.4, 0.5) is 5.82 Å². The van der Waals surface area contributed by atoms with Gasteiger partial charge in [-0.2, -0.15) is 0 Å². The van der Waals surface area contributed by atoms with E-state index < -0.39 is 0 Å². The Morgan fingerprint density at radius 2 is 2.04 bits per heavy atom. The molecule has 0 saturated carbocycles. The second-order valence-corrected chi connectivity index (χ2v) is 8.06. The Labute approximate surface area is 156 Å². The third-order valence-corrected chi connectivity index (χ3v) is 6.55. The maximum absolute atomic E-state index is 13.0. The molecule has 0 atom stereocenters. The van der Waals surface area contributed by atoms with E-state index in [0.29, 0.717) is 5.91 Å². The first kappa shape index (κ1) is 15.8. The van der Waals surface area contributed by atoms with Crippen molar-refractivity contribution in [2.75, 3.05) is 24.5 Å². The largest absolute Gasteiger partial charge is 0.355 e. The first-order chi connectivity index (χ1) is 12.8. The maximum atomic E-state index is 13.0. The van der Waals surface area contributed by atoms with Crippen LogP contribution >= 0.6 is 11.3 Å². The number of piperidine rings is 1. The third kappa shape index (κ3) is 2.76. The van der Waals surface area contributed by atoms with Crippen LogP contribution in [0.15, 0.2) is 36.0 Å². The normalized spacial score (nSPS) is 18.3. The zero-order valence-electron chi connectivity index (χ0n) is 14.5. The predicted molar refractivity (Wildman–Crippen MR) is 101 cm³/mol. The van der Waals surface area contributed by atoms with Crippen LogP contribution in [-0.4, -0.2) is 45.0 Å². The Balaban J connectivity index is 1.23. The van der Waals surface area contributed by atoms with Gasteiger partial charge < -0.3 is 9.80 Å². The topological polar surface area (TPSA) is 53.7 Å². The molecule has 1 fully saturated rings. The molecule has 26 heavy (non-hydrogen) atoms. The van der Waals surface area contributed by atoms with Crippen LogP contribution in [0.25, 0.3) is 5.65 Å². The smallest absolute Gasteiger partial charge is 0.226 e. The van der Waals surface area contributed by atoms with Crippen molar-refractivity contribution in [1.29, 1.82) is 0 Å². The van der Waals surface area contributed by atoms with Gasteiger partial charge in [-0.25, -0.2) is 9.50 Å². The SMILES string of the molecule is O=C(C1CCN(c2ccc3nccn3n2)CC1)N1CCc2sccc2C1. The maximum Gasteiger partial charge on any atom is 0.226 e. The molecule has 5 rings (SSSR count). The summed E-state index contributed by atoms with van der Waals surface area (Å²) in [6, 6.07) is 6.18. The number of anilines is 1. The number of nitrogens with zero attached hydrogens (tertiary/aromatic N) is 5. The van der Waals surface area contributed by atoms with Gasteiger partial charge in [-0.15, -0.1) is 16.4 Å². The van der Waals surface area contributed by atoms with Gasteiger partial charge in [-0.05, 0) is 48.4 Å². The molecule has 1 amide bonds. The van der Waals surface area contributed by atoms with E-state index >= 15 is 0 Å². The fourth-order valence-electron chi connectivity index (χ4n) is 4.02. The van der Waals surface area contributed by atoms with Gasteiger partial charge >= 0.3 is 0 Å². The van der Waals surface area contributed by atoms with Crippen molar-refractivity contribution in [2.45, 2.75) is 25.8 Å². The van der Waals surface area contributed by atoms with Crippen LogP contribution in [0, 0.1) is 5.92 Å². The number of carbonyl (C=O) groups is 1. The molecule has 0 unspecified atom stereocenters. The average Bonchev–Trinajstić information content (AvgIpc) is 3.35. The lowest BCUT2D eigenvalue weighted by Crippen LogP contribution is -2.44. The monoisotopic (exact) mass is 367 g/mol. The van der Waals surface area contributed by atoms with Crippen molar-refractivity contribution in [1.82, 2.24) is 19.5 Å². The number of imidazole rings is 1. The second kappa shape index (κ2) is 6.39. The van der Waals surface area contributed by atoms with Crippen molar-refractivity contribution in [2.24, 2.45) is 5.92 Å². The summed E-state index contributed by atoms with van der Waals surface area (Å²) in [7, 11) is 0. The standard InChI is InChI=1S/C19H21N5OS/c25-19(23-10-5-16-15(13-23)6-12-26-16)14-3-8-22(9-4-14)18-2-1-17-20-7-11-24(17)21-18/h1-2,6-7,11-12,14H,3-5,8-10,13H2. The highest BCUT2D eigenvalue weighted by atomic mass is 32.1. The molecule has 0 radical (unpaired) electrons. The van der Waals surface area contributed by atoms with Crippen molar-refractivity contribution in [3.8, 4) is 0 Å². The molecule has 3 aromatic rings. The molecule has 0 N–H and O–H groups in total.